The summed E-state index contributed by atoms with van der Waals surface area (Å²) in [6.45, 7) is 4.28. The van der Waals surface area contributed by atoms with Crippen molar-refractivity contribution in [2.45, 2.75) is 25.8 Å². The summed E-state index contributed by atoms with van der Waals surface area (Å²) < 4.78 is 0. The number of hydrogen-bond donors (Lipinski definition) is 0. The second-order valence-corrected chi connectivity index (χ2v) is 7.38. The Hall–Kier alpha value is -1.98. The molecule has 0 unspecified atom stereocenters. The molecular weight excluding hydrogens is 318 g/mol. The quantitative estimate of drug-likeness (QED) is 0.860. The van der Waals surface area contributed by atoms with Crippen LogP contribution >= 0.6 is 11.3 Å². The number of carbonyl (C=O) groups is 1. The van der Waals surface area contributed by atoms with Crippen molar-refractivity contribution in [3.8, 4) is 0 Å². The molecule has 0 saturated carbocycles. The summed E-state index contributed by atoms with van der Waals surface area (Å²) in [5.41, 5.74) is 3.51. The van der Waals surface area contributed by atoms with Gasteiger partial charge in [0.05, 0.1) is 18.8 Å². The molecule has 0 saturated heterocycles. The van der Waals surface area contributed by atoms with Crippen LogP contribution in [-0.2, 0) is 11.2 Å². The predicted octanol–water partition coefficient (Wildman–Crippen LogP) is 3.30. The first-order chi connectivity index (χ1) is 11.7. The number of nitrogens with zero attached hydrogens (tertiary/aromatic N) is 3. The molecule has 24 heavy (non-hydrogen) atoms. The first kappa shape index (κ1) is 15.5. The van der Waals surface area contributed by atoms with Crippen LogP contribution in [0.25, 0.3) is 0 Å². The van der Waals surface area contributed by atoms with Crippen LogP contribution < -0.4 is 0 Å². The third kappa shape index (κ3) is 2.89. The van der Waals surface area contributed by atoms with Gasteiger partial charge in [0.25, 0.3) is 5.91 Å². The third-order valence-corrected chi connectivity index (χ3v) is 5.94. The van der Waals surface area contributed by atoms with E-state index in [-0.39, 0.29) is 5.91 Å². The maximum absolute atomic E-state index is 12.7. The van der Waals surface area contributed by atoms with Crippen molar-refractivity contribution in [3.05, 3.63) is 57.8 Å². The number of hydrazone groups is 1. The first-order valence-electron chi connectivity index (χ1n) is 8.46. The average Bonchev–Trinajstić information content (AvgIpc) is 3.27. The van der Waals surface area contributed by atoms with Crippen LogP contribution in [-0.4, -0.2) is 41.2 Å². The zero-order valence-corrected chi connectivity index (χ0v) is 14.6. The van der Waals surface area contributed by atoms with E-state index in [2.05, 4.69) is 40.5 Å². The molecular formula is C19H21N3OS. The van der Waals surface area contributed by atoms with Gasteiger partial charge in [0, 0.05) is 23.9 Å². The number of rotatable bonds is 3. The van der Waals surface area contributed by atoms with Gasteiger partial charge in [-0.1, -0.05) is 30.3 Å². The van der Waals surface area contributed by atoms with Gasteiger partial charge in [0.15, 0.2) is 0 Å². The molecule has 0 radical (unpaired) electrons. The van der Waals surface area contributed by atoms with Crippen molar-refractivity contribution in [3.63, 3.8) is 0 Å². The minimum Gasteiger partial charge on any atom is -0.287 e. The lowest BCUT2D eigenvalue weighted by molar-refractivity contribution is -0.132. The smallest absolute Gasteiger partial charge is 0.256 e. The predicted molar refractivity (Wildman–Crippen MR) is 97.3 cm³/mol. The molecule has 0 N–H and O–H groups in total. The monoisotopic (exact) mass is 339 g/mol. The average molecular weight is 339 g/mol. The maximum Gasteiger partial charge on any atom is 0.256 e. The SMILES string of the molecule is C[C@H]1c2ccsc2CCN1CC(=O)N1CCC(c2ccccc2)=N1. The van der Waals surface area contributed by atoms with E-state index in [1.165, 1.54) is 10.4 Å². The third-order valence-electron chi connectivity index (χ3n) is 4.94. The topological polar surface area (TPSA) is 35.9 Å². The van der Waals surface area contributed by atoms with Crippen molar-refractivity contribution in [2.24, 2.45) is 5.10 Å². The van der Waals surface area contributed by atoms with Gasteiger partial charge in [-0.05, 0) is 35.9 Å². The maximum atomic E-state index is 12.7. The Morgan fingerprint density at radius 3 is 2.88 bits per heavy atom. The van der Waals surface area contributed by atoms with E-state index in [0.29, 0.717) is 19.1 Å². The Kier molecular flexibility index (Phi) is 4.21. The fraction of sp³-hybridized carbons (Fsp3) is 0.368. The van der Waals surface area contributed by atoms with E-state index in [9.17, 15) is 4.79 Å². The Morgan fingerprint density at radius 1 is 1.21 bits per heavy atom. The van der Waals surface area contributed by atoms with Gasteiger partial charge in [-0.15, -0.1) is 11.3 Å². The Balaban J connectivity index is 1.43. The summed E-state index contributed by atoms with van der Waals surface area (Å²) in [5.74, 6) is 0.103. The van der Waals surface area contributed by atoms with Crippen molar-refractivity contribution >= 4 is 23.0 Å². The van der Waals surface area contributed by atoms with E-state index >= 15 is 0 Å². The summed E-state index contributed by atoms with van der Waals surface area (Å²) in [5, 5.41) is 8.37. The molecule has 2 aliphatic rings. The molecule has 0 bridgehead atoms. The van der Waals surface area contributed by atoms with Crippen LogP contribution in [0.4, 0.5) is 0 Å². The number of hydrogen-bond acceptors (Lipinski definition) is 4. The molecule has 0 spiro atoms. The Bertz CT molecular complexity index is 768. The minimum atomic E-state index is 0.103. The summed E-state index contributed by atoms with van der Waals surface area (Å²) >= 11 is 1.83. The fourth-order valence-corrected chi connectivity index (χ4v) is 4.47. The zero-order chi connectivity index (χ0) is 16.5. The van der Waals surface area contributed by atoms with Crippen LogP contribution in [0.5, 0.6) is 0 Å². The minimum absolute atomic E-state index is 0.103. The second-order valence-electron chi connectivity index (χ2n) is 6.38. The standard InChI is InChI=1S/C19H21N3OS/c1-14-16-9-12-24-18(16)8-10-21(14)13-19(23)22-11-7-17(20-22)15-5-3-2-4-6-15/h2-6,9,12,14H,7-8,10-11,13H2,1H3/t14-/m0/s1. The molecule has 2 aromatic rings. The molecule has 1 aromatic carbocycles. The molecule has 1 aromatic heterocycles. The van der Waals surface area contributed by atoms with Gasteiger partial charge in [0.2, 0.25) is 0 Å². The van der Waals surface area contributed by atoms with Crippen LogP contribution in [0.15, 0.2) is 46.9 Å². The molecule has 1 atom stereocenters. The number of carbonyl (C=O) groups excluding carboxylic acids is 1. The highest BCUT2D eigenvalue weighted by atomic mass is 32.1. The van der Waals surface area contributed by atoms with Crippen molar-refractivity contribution in [1.82, 2.24) is 9.91 Å². The lowest BCUT2D eigenvalue weighted by Crippen LogP contribution is -2.41. The number of thiophene rings is 1. The van der Waals surface area contributed by atoms with Crippen LogP contribution in [0.3, 0.4) is 0 Å². The highest BCUT2D eigenvalue weighted by Gasteiger charge is 2.29. The van der Waals surface area contributed by atoms with E-state index in [1.54, 1.807) is 5.01 Å². The molecule has 4 rings (SSSR count). The molecule has 2 aliphatic heterocycles. The Morgan fingerprint density at radius 2 is 2.04 bits per heavy atom. The van der Waals surface area contributed by atoms with E-state index in [1.807, 2.05) is 29.5 Å². The molecule has 0 fully saturated rings. The fourth-order valence-electron chi connectivity index (χ4n) is 3.50. The van der Waals surface area contributed by atoms with Gasteiger partial charge in [-0.2, -0.15) is 5.10 Å². The van der Waals surface area contributed by atoms with Gasteiger partial charge < -0.3 is 0 Å². The summed E-state index contributed by atoms with van der Waals surface area (Å²) in [6.07, 6.45) is 1.88. The number of benzene rings is 1. The lowest BCUT2D eigenvalue weighted by atomic mass is 10.0. The van der Waals surface area contributed by atoms with Crippen LogP contribution in [0.1, 0.15) is 35.4 Å². The molecule has 0 aliphatic carbocycles. The summed E-state index contributed by atoms with van der Waals surface area (Å²) in [7, 11) is 0. The highest BCUT2D eigenvalue weighted by Crippen LogP contribution is 2.32. The molecule has 5 heteroatoms. The van der Waals surface area contributed by atoms with E-state index in [4.69, 9.17) is 0 Å². The van der Waals surface area contributed by atoms with Gasteiger partial charge >= 0.3 is 0 Å². The summed E-state index contributed by atoms with van der Waals surface area (Å²) in [6, 6.07) is 12.6. The van der Waals surface area contributed by atoms with E-state index < -0.39 is 0 Å². The van der Waals surface area contributed by atoms with Crippen LogP contribution in [0, 0.1) is 0 Å². The second kappa shape index (κ2) is 6.49. The number of fused-ring (bicyclic) bond motifs is 1. The molecule has 3 heterocycles. The van der Waals surface area contributed by atoms with Crippen LogP contribution in [0.2, 0.25) is 0 Å². The van der Waals surface area contributed by atoms with Crippen molar-refractivity contribution in [2.75, 3.05) is 19.6 Å². The van der Waals surface area contributed by atoms with Crippen molar-refractivity contribution < 1.29 is 4.79 Å². The largest absolute Gasteiger partial charge is 0.287 e. The van der Waals surface area contributed by atoms with E-state index in [0.717, 1.165) is 30.7 Å². The van der Waals surface area contributed by atoms with Gasteiger partial charge in [-0.25, -0.2) is 5.01 Å². The van der Waals surface area contributed by atoms with Gasteiger partial charge in [0.1, 0.15) is 0 Å². The summed E-state index contributed by atoms with van der Waals surface area (Å²) in [4.78, 5) is 16.4. The Labute approximate surface area is 146 Å². The molecule has 4 nitrogen and oxygen atoms in total. The van der Waals surface area contributed by atoms with Gasteiger partial charge in [-0.3, -0.25) is 9.69 Å². The van der Waals surface area contributed by atoms with Crippen molar-refractivity contribution in [1.29, 1.82) is 0 Å². The zero-order valence-electron chi connectivity index (χ0n) is 13.8. The number of amides is 1. The molecule has 124 valence electrons. The normalized spacial score (nSPS) is 20.8. The highest BCUT2D eigenvalue weighted by molar-refractivity contribution is 7.10. The lowest BCUT2D eigenvalue weighted by Gasteiger charge is -2.33. The first-order valence-corrected chi connectivity index (χ1v) is 9.34. The molecule has 1 amide bonds.